The fraction of sp³-hybridized carbons (Fsp3) is 0. The molecule has 0 amide bonds. The Labute approximate surface area is 155 Å². The van der Waals surface area contributed by atoms with Crippen molar-refractivity contribution in [1.82, 2.24) is 9.97 Å². The molecule has 3 N–H and O–H groups in total. The molecule has 0 fully saturated rings. The van der Waals surface area contributed by atoms with Gasteiger partial charge in [-0.2, -0.15) is 4.98 Å². The predicted molar refractivity (Wildman–Crippen MR) is 106 cm³/mol. The number of nitrogens with zero attached hydrogens (tertiary/aromatic N) is 2. The maximum Gasteiger partial charge on any atom is 0.337 e. The summed E-state index contributed by atoms with van der Waals surface area (Å²) < 4.78 is 0. The number of aromatic carboxylic acids is 1. The van der Waals surface area contributed by atoms with Crippen LogP contribution in [0.15, 0.2) is 79.0 Å². The van der Waals surface area contributed by atoms with Crippen LogP contribution >= 0.6 is 0 Å². The standard InChI is InChI=1S/C21H16N4O2/c26-20(27)17-12-14-6-4-5-7-15(14)13-18(17)24-19-10-11-22-21(25-19)23-16-8-2-1-3-9-16/h1-13H,(H,26,27)(H2,22,23,24,25). The number of para-hydroxylation sites is 1. The second-order valence-electron chi connectivity index (χ2n) is 5.93. The maximum atomic E-state index is 11.7. The summed E-state index contributed by atoms with van der Waals surface area (Å²) in [6.45, 7) is 0. The van der Waals surface area contributed by atoms with Crippen LogP contribution in [0.2, 0.25) is 0 Å². The maximum absolute atomic E-state index is 11.7. The summed E-state index contributed by atoms with van der Waals surface area (Å²) >= 11 is 0. The summed E-state index contributed by atoms with van der Waals surface area (Å²) in [6.07, 6.45) is 1.61. The zero-order chi connectivity index (χ0) is 18.6. The van der Waals surface area contributed by atoms with Crippen molar-refractivity contribution < 1.29 is 9.90 Å². The van der Waals surface area contributed by atoms with Gasteiger partial charge < -0.3 is 15.7 Å². The number of aromatic nitrogens is 2. The summed E-state index contributed by atoms with van der Waals surface area (Å²) in [4.78, 5) is 20.3. The number of hydrogen-bond donors (Lipinski definition) is 3. The zero-order valence-electron chi connectivity index (χ0n) is 14.3. The number of nitrogens with one attached hydrogen (secondary N) is 2. The lowest BCUT2D eigenvalue weighted by Gasteiger charge is -2.12. The van der Waals surface area contributed by atoms with Crippen molar-refractivity contribution in [2.45, 2.75) is 0 Å². The number of carbonyl (C=O) groups is 1. The molecule has 0 saturated carbocycles. The predicted octanol–water partition coefficient (Wildman–Crippen LogP) is 4.82. The van der Waals surface area contributed by atoms with Crippen molar-refractivity contribution >= 4 is 39.9 Å². The Balaban J connectivity index is 1.66. The summed E-state index contributed by atoms with van der Waals surface area (Å²) in [7, 11) is 0. The molecule has 0 radical (unpaired) electrons. The fourth-order valence-corrected chi connectivity index (χ4v) is 2.80. The Morgan fingerprint density at radius 2 is 1.56 bits per heavy atom. The SMILES string of the molecule is O=C(O)c1cc2ccccc2cc1Nc1ccnc(Nc2ccccc2)n1. The van der Waals surface area contributed by atoms with Gasteiger partial charge in [0, 0.05) is 11.9 Å². The van der Waals surface area contributed by atoms with E-state index < -0.39 is 5.97 Å². The smallest absolute Gasteiger partial charge is 0.337 e. The molecule has 6 heteroatoms. The highest BCUT2D eigenvalue weighted by atomic mass is 16.4. The number of carboxylic acid groups (broad SMARTS) is 1. The second kappa shape index (κ2) is 7.13. The van der Waals surface area contributed by atoms with Crippen LogP contribution < -0.4 is 10.6 Å². The molecular formula is C21H16N4O2. The molecule has 0 unspecified atom stereocenters. The third-order valence-electron chi connectivity index (χ3n) is 4.06. The van der Waals surface area contributed by atoms with E-state index in [4.69, 9.17) is 0 Å². The van der Waals surface area contributed by atoms with E-state index >= 15 is 0 Å². The van der Waals surface area contributed by atoms with Gasteiger partial charge >= 0.3 is 5.97 Å². The first-order chi connectivity index (χ1) is 13.2. The van der Waals surface area contributed by atoms with Gasteiger partial charge in [0.15, 0.2) is 0 Å². The fourth-order valence-electron chi connectivity index (χ4n) is 2.80. The topological polar surface area (TPSA) is 87.1 Å². The van der Waals surface area contributed by atoms with Crippen molar-refractivity contribution in [3.63, 3.8) is 0 Å². The van der Waals surface area contributed by atoms with Crippen LogP contribution in [-0.4, -0.2) is 21.0 Å². The lowest BCUT2D eigenvalue weighted by Crippen LogP contribution is -2.05. The van der Waals surface area contributed by atoms with E-state index in [9.17, 15) is 9.90 Å². The molecule has 0 aliphatic carbocycles. The summed E-state index contributed by atoms with van der Waals surface area (Å²) in [5.41, 5.74) is 1.53. The highest BCUT2D eigenvalue weighted by Crippen LogP contribution is 2.27. The molecule has 132 valence electrons. The van der Waals surface area contributed by atoms with Crippen LogP contribution in [0.1, 0.15) is 10.4 Å². The minimum atomic E-state index is -1.00. The van der Waals surface area contributed by atoms with Gasteiger partial charge in [-0.05, 0) is 41.1 Å². The third kappa shape index (κ3) is 3.69. The van der Waals surface area contributed by atoms with Gasteiger partial charge in [-0.15, -0.1) is 0 Å². The van der Waals surface area contributed by atoms with Crippen LogP contribution in [0.4, 0.5) is 23.1 Å². The van der Waals surface area contributed by atoms with Crippen LogP contribution in [0, 0.1) is 0 Å². The molecule has 27 heavy (non-hydrogen) atoms. The van der Waals surface area contributed by atoms with Crippen molar-refractivity contribution in [2.24, 2.45) is 0 Å². The molecule has 6 nitrogen and oxygen atoms in total. The van der Waals surface area contributed by atoms with Gasteiger partial charge in [-0.1, -0.05) is 42.5 Å². The van der Waals surface area contributed by atoms with E-state index in [1.54, 1.807) is 18.3 Å². The first-order valence-corrected chi connectivity index (χ1v) is 8.37. The summed E-state index contributed by atoms with van der Waals surface area (Å²) in [5.74, 6) is -0.0787. The first kappa shape index (κ1) is 16.5. The number of fused-ring (bicyclic) bond motifs is 1. The molecule has 0 saturated heterocycles. The quantitative estimate of drug-likeness (QED) is 0.475. The Bertz CT molecular complexity index is 1110. The number of rotatable bonds is 5. The van der Waals surface area contributed by atoms with Crippen LogP contribution in [-0.2, 0) is 0 Å². The Kier molecular flexibility index (Phi) is 4.37. The molecule has 0 spiro atoms. The molecule has 1 aromatic heterocycles. The summed E-state index contributed by atoms with van der Waals surface area (Å²) in [5, 5.41) is 17.6. The highest BCUT2D eigenvalue weighted by molar-refractivity contribution is 6.01. The Morgan fingerprint density at radius 1 is 0.852 bits per heavy atom. The summed E-state index contributed by atoms with van der Waals surface area (Å²) in [6, 6.07) is 22.4. The van der Waals surface area contributed by atoms with Crippen molar-refractivity contribution in [2.75, 3.05) is 10.6 Å². The Hall–Kier alpha value is -3.93. The highest BCUT2D eigenvalue weighted by Gasteiger charge is 2.12. The van der Waals surface area contributed by atoms with E-state index in [2.05, 4.69) is 20.6 Å². The minimum Gasteiger partial charge on any atom is -0.478 e. The number of benzene rings is 3. The lowest BCUT2D eigenvalue weighted by atomic mass is 10.0. The van der Waals surface area contributed by atoms with Gasteiger partial charge in [0.05, 0.1) is 11.3 Å². The van der Waals surface area contributed by atoms with E-state index in [1.807, 2.05) is 60.7 Å². The number of carboxylic acids is 1. The Morgan fingerprint density at radius 3 is 2.30 bits per heavy atom. The van der Waals surface area contributed by atoms with Gasteiger partial charge in [-0.3, -0.25) is 0 Å². The van der Waals surface area contributed by atoms with Gasteiger partial charge in [0.25, 0.3) is 0 Å². The van der Waals surface area contributed by atoms with Gasteiger partial charge in [0.1, 0.15) is 5.82 Å². The molecule has 4 rings (SSSR count). The van der Waals surface area contributed by atoms with E-state index in [-0.39, 0.29) is 5.56 Å². The monoisotopic (exact) mass is 356 g/mol. The van der Waals surface area contributed by atoms with Gasteiger partial charge in [-0.25, -0.2) is 9.78 Å². The molecule has 0 aliphatic heterocycles. The third-order valence-corrected chi connectivity index (χ3v) is 4.06. The second-order valence-corrected chi connectivity index (χ2v) is 5.93. The first-order valence-electron chi connectivity index (χ1n) is 8.37. The normalized spacial score (nSPS) is 10.5. The van der Waals surface area contributed by atoms with E-state index in [1.165, 1.54) is 0 Å². The average Bonchev–Trinajstić information content (AvgIpc) is 2.68. The lowest BCUT2D eigenvalue weighted by molar-refractivity contribution is 0.0698. The minimum absolute atomic E-state index is 0.185. The van der Waals surface area contributed by atoms with Crippen LogP contribution in [0.5, 0.6) is 0 Å². The van der Waals surface area contributed by atoms with Crippen molar-refractivity contribution in [3.8, 4) is 0 Å². The van der Waals surface area contributed by atoms with Gasteiger partial charge in [0.2, 0.25) is 5.95 Å². The largest absolute Gasteiger partial charge is 0.478 e. The molecule has 3 aromatic carbocycles. The molecule has 4 aromatic rings. The number of hydrogen-bond acceptors (Lipinski definition) is 5. The molecule has 1 heterocycles. The van der Waals surface area contributed by atoms with E-state index in [0.29, 0.717) is 17.5 Å². The van der Waals surface area contributed by atoms with E-state index in [0.717, 1.165) is 16.5 Å². The van der Waals surface area contributed by atoms with Crippen LogP contribution in [0.25, 0.3) is 10.8 Å². The molecular weight excluding hydrogens is 340 g/mol. The van der Waals surface area contributed by atoms with Crippen LogP contribution in [0.3, 0.4) is 0 Å². The molecule has 0 atom stereocenters. The molecule has 0 bridgehead atoms. The number of anilines is 4. The molecule has 0 aliphatic rings. The zero-order valence-corrected chi connectivity index (χ0v) is 14.3. The van der Waals surface area contributed by atoms with Crippen molar-refractivity contribution in [3.05, 3.63) is 84.6 Å². The average molecular weight is 356 g/mol. The van der Waals surface area contributed by atoms with Crippen molar-refractivity contribution in [1.29, 1.82) is 0 Å².